The van der Waals surface area contributed by atoms with Gasteiger partial charge in [-0.3, -0.25) is 0 Å². The lowest BCUT2D eigenvalue weighted by atomic mass is 9.92. The average Bonchev–Trinajstić information content (AvgIpc) is 2.12. The first-order valence-corrected chi connectivity index (χ1v) is 4.13. The summed E-state index contributed by atoms with van der Waals surface area (Å²) < 4.78 is 74.1. The molecule has 2 nitrogen and oxygen atoms in total. The molecule has 1 aromatic rings. The van der Waals surface area contributed by atoms with Crippen molar-refractivity contribution in [2.45, 2.75) is 18.0 Å². The van der Waals surface area contributed by atoms with Crippen LogP contribution in [-0.2, 0) is 5.60 Å². The van der Waals surface area contributed by atoms with E-state index in [-0.39, 0.29) is 6.07 Å². The van der Waals surface area contributed by atoms with Crippen molar-refractivity contribution in [3.63, 3.8) is 0 Å². The van der Waals surface area contributed by atoms with Gasteiger partial charge in [0.25, 0.3) is 5.60 Å². The van der Waals surface area contributed by atoms with E-state index in [9.17, 15) is 31.4 Å². The fourth-order valence-electron chi connectivity index (χ4n) is 1.21. The number of alkyl halides is 6. The predicted octanol–water partition coefficient (Wildman–Crippen LogP) is 2.07. The first kappa shape index (κ1) is 13.6. The number of rotatable bonds is 1. The number of halogens is 6. The van der Waals surface area contributed by atoms with Crippen molar-refractivity contribution < 1.29 is 36.6 Å². The lowest BCUT2D eigenvalue weighted by Gasteiger charge is -2.33. The Labute approximate surface area is 91.1 Å². The predicted molar refractivity (Wildman–Crippen MR) is 41.9 cm³/mol. The Kier molecular flexibility index (Phi) is 3.04. The first-order valence-electron chi connectivity index (χ1n) is 4.13. The maximum Gasteiger partial charge on any atom is 0.430 e. The zero-order chi connectivity index (χ0) is 13.5. The van der Waals surface area contributed by atoms with E-state index in [1.54, 1.807) is 0 Å². The van der Waals surface area contributed by atoms with Crippen LogP contribution in [0.3, 0.4) is 0 Å². The van der Waals surface area contributed by atoms with E-state index < -0.39 is 29.3 Å². The van der Waals surface area contributed by atoms with E-state index in [1.807, 2.05) is 0 Å². The third kappa shape index (κ3) is 2.17. The van der Waals surface area contributed by atoms with Gasteiger partial charge in [-0.15, -0.1) is 5.75 Å². The highest BCUT2D eigenvalue weighted by Gasteiger charge is 2.71. The molecule has 1 rings (SSSR count). The molecule has 0 aliphatic carbocycles. The van der Waals surface area contributed by atoms with Crippen LogP contribution in [0.15, 0.2) is 24.3 Å². The summed E-state index contributed by atoms with van der Waals surface area (Å²) in [6.45, 7) is 0. The summed E-state index contributed by atoms with van der Waals surface area (Å²) in [5, 5.41) is 19.6. The van der Waals surface area contributed by atoms with Gasteiger partial charge in [-0.1, -0.05) is 24.3 Å². The largest absolute Gasteiger partial charge is 0.872 e. The van der Waals surface area contributed by atoms with Crippen LogP contribution in [0.2, 0.25) is 0 Å². The van der Waals surface area contributed by atoms with Crippen molar-refractivity contribution in [2.24, 2.45) is 0 Å². The molecule has 0 fully saturated rings. The van der Waals surface area contributed by atoms with E-state index in [4.69, 9.17) is 5.11 Å². The van der Waals surface area contributed by atoms with Crippen LogP contribution in [0, 0.1) is 0 Å². The third-order valence-electron chi connectivity index (χ3n) is 2.07. The van der Waals surface area contributed by atoms with Crippen LogP contribution in [0.25, 0.3) is 0 Å². The van der Waals surface area contributed by atoms with Gasteiger partial charge >= 0.3 is 12.4 Å². The monoisotopic (exact) mass is 259 g/mol. The number of hydrogen-bond acceptors (Lipinski definition) is 2. The van der Waals surface area contributed by atoms with Crippen LogP contribution in [0.1, 0.15) is 5.56 Å². The molecule has 0 atom stereocenters. The standard InChI is InChI=1S/C9H6F6O2/c10-8(11,12)7(17,9(13,14)15)5-2-1-3-6(16)4-5/h1-4,16-17H/p-1. The molecule has 1 aromatic carbocycles. The highest BCUT2D eigenvalue weighted by atomic mass is 19.4. The van der Waals surface area contributed by atoms with Crippen LogP contribution >= 0.6 is 0 Å². The van der Waals surface area contributed by atoms with Crippen molar-refractivity contribution >= 4 is 0 Å². The summed E-state index contributed by atoms with van der Waals surface area (Å²) in [7, 11) is 0. The molecule has 0 unspecified atom stereocenters. The van der Waals surface area contributed by atoms with Gasteiger partial charge in [0.1, 0.15) is 0 Å². The lowest BCUT2D eigenvalue weighted by Crippen LogP contribution is -2.53. The molecule has 0 spiro atoms. The van der Waals surface area contributed by atoms with Crippen molar-refractivity contribution in [1.29, 1.82) is 0 Å². The van der Waals surface area contributed by atoms with Crippen LogP contribution < -0.4 is 5.11 Å². The summed E-state index contributed by atoms with van der Waals surface area (Å²) in [6.07, 6.45) is -11.9. The Morgan fingerprint density at radius 1 is 0.941 bits per heavy atom. The molecule has 0 aromatic heterocycles. The van der Waals surface area contributed by atoms with Gasteiger partial charge in [-0.2, -0.15) is 26.3 Å². The molecule has 1 N–H and O–H groups in total. The Morgan fingerprint density at radius 2 is 1.41 bits per heavy atom. The summed E-state index contributed by atoms with van der Waals surface area (Å²) >= 11 is 0. The van der Waals surface area contributed by atoms with E-state index in [1.165, 1.54) is 0 Å². The molecular formula is C9H5F6O2-. The first-order chi connectivity index (χ1) is 7.50. The molecule has 0 amide bonds. The van der Waals surface area contributed by atoms with Crippen LogP contribution in [-0.4, -0.2) is 17.5 Å². The average molecular weight is 259 g/mol. The zero-order valence-electron chi connectivity index (χ0n) is 7.93. The number of hydrogen-bond donors (Lipinski definition) is 1. The number of benzene rings is 1. The van der Waals surface area contributed by atoms with E-state index in [2.05, 4.69) is 0 Å². The Bertz CT molecular complexity index is 395. The fourth-order valence-corrected chi connectivity index (χ4v) is 1.21. The maximum absolute atomic E-state index is 12.3. The van der Waals surface area contributed by atoms with Gasteiger partial charge in [-0.05, 0) is 0 Å². The normalized spacial score (nSPS) is 13.8. The van der Waals surface area contributed by atoms with E-state index in [0.717, 1.165) is 6.07 Å². The maximum atomic E-state index is 12.3. The molecular weight excluding hydrogens is 254 g/mol. The fraction of sp³-hybridized carbons (Fsp3) is 0.333. The highest BCUT2D eigenvalue weighted by Crippen LogP contribution is 2.50. The molecule has 8 heteroatoms. The molecule has 0 radical (unpaired) electrons. The SMILES string of the molecule is [O-]c1cccc(C(O)(C(F)(F)F)C(F)(F)F)c1. The van der Waals surface area contributed by atoms with Crippen molar-refractivity contribution in [3.05, 3.63) is 29.8 Å². The molecule has 17 heavy (non-hydrogen) atoms. The second kappa shape index (κ2) is 3.80. The van der Waals surface area contributed by atoms with Gasteiger partial charge in [0, 0.05) is 5.56 Å². The summed E-state index contributed by atoms with van der Waals surface area (Å²) in [4.78, 5) is 0. The van der Waals surface area contributed by atoms with Gasteiger partial charge in [0.15, 0.2) is 0 Å². The molecule has 96 valence electrons. The zero-order valence-corrected chi connectivity index (χ0v) is 7.93. The van der Waals surface area contributed by atoms with Crippen LogP contribution in [0.4, 0.5) is 26.3 Å². The highest BCUT2D eigenvalue weighted by molar-refractivity contribution is 5.33. The summed E-state index contributed by atoms with van der Waals surface area (Å²) in [5.74, 6) is -1.06. The van der Waals surface area contributed by atoms with Crippen LogP contribution in [0.5, 0.6) is 5.75 Å². The van der Waals surface area contributed by atoms with Gasteiger partial charge in [0.05, 0.1) is 0 Å². The molecule has 0 saturated heterocycles. The Hall–Kier alpha value is -1.44. The Balaban J connectivity index is 3.46. The minimum absolute atomic E-state index is 0.0982. The summed E-state index contributed by atoms with van der Waals surface area (Å²) in [5.41, 5.74) is -6.59. The molecule has 0 aliphatic rings. The minimum atomic E-state index is -5.97. The lowest BCUT2D eigenvalue weighted by molar-refractivity contribution is -0.376. The second-order valence-corrected chi connectivity index (χ2v) is 3.23. The van der Waals surface area contributed by atoms with E-state index >= 15 is 0 Å². The molecule has 0 saturated carbocycles. The summed E-state index contributed by atoms with van der Waals surface area (Å²) in [6, 6.07) is 1.97. The second-order valence-electron chi connectivity index (χ2n) is 3.23. The number of aliphatic hydroxyl groups is 1. The van der Waals surface area contributed by atoms with E-state index in [0.29, 0.717) is 12.1 Å². The van der Waals surface area contributed by atoms with Crippen molar-refractivity contribution in [1.82, 2.24) is 0 Å². The van der Waals surface area contributed by atoms with Crippen molar-refractivity contribution in [2.75, 3.05) is 0 Å². The quantitative estimate of drug-likeness (QED) is 0.784. The van der Waals surface area contributed by atoms with Gasteiger partial charge < -0.3 is 10.2 Å². The molecule has 0 aliphatic heterocycles. The van der Waals surface area contributed by atoms with Gasteiger partial charge in [-0.25, -0.2) is 0 Å². The Morgan fingerprint density at radius 3 is 1.76 bits per heavy atom. The van der Waals surface area contributed by atoms with Gasteiger partial charge in [0.2, 0.25) is 0 Å². The third-order valence-corrected chi connectivity index (χ3v) is 2.07. The smallest absolute Gasteiger partial charge is 0.430 e. The molecule has 0 heterocycles. The minimum Gasteiger partial charge on any atom is -0.872 e. The van der Waals surface area contributed by atoms with Crippen molar-refractivity contribution in [3.8, 4) is 5.75 Å². The molecule has 0 bridgehead atoms. The topological polar surface area (TPSA) is 43.3 Å².